The zero-order valence-corrected chi connectivity index (χ0v) is 17.2. The highest BCUT2D eigenvalue weighted by molar-refractivity contribution is 14.0. The first-order valence-corrected chi connectivity index (χ1v) is 8.67. The highest BCUT2D eigenvalue weighted by Crippen LogP contribution is 2.44. The first kappa shape index (κ1) is 19.9. The van der Waals surface area contributed by atoms with Crippen LogP contribution < -0.4 is 20.5 Å². The van der Waals surface area contributed by atoms with E-state index in [1.165, 1.54) is 18.4 Å². The molecule has 1 aromatic carbocycles. The summed E-state index contributed by atoms with van der Waals surface area (Å²) in [6.45, 7) is 8.42. The summed E-state index contributed by atoms with van der Waals surface area (Å²) >= 11 is 0. The van der Waals surface area contributed by atoms with Gasteiger partial charge in [-0.1, -0.05) is 31.1 Å². The number of rotatable bonds is 5. The predicted molar refractivity (Wildman–Crippen MR) is 112 cm³/mol. The van der Waals surface area contributed by atoms with E-state index < -0.39 is 0 Å². The van der Waals surface area contributed by atoms with Crippen molar-refractivity contribution in [1.82, 2.24) is 5.32 Å². The third-order valence-corrected chi connectivity index (χ3v) is 4.84. The Kier molecular flexibility index (Phi) is 6.98. The molecule has 0 atom stereocenters. The van der Waals surface area contributed by atoms with E-state index in [0.29, 0.717) is 32.3 Å². The maximum Gasteiger partial charge on any atom is 0.188 e. The van der Waals surface area contributed by atoms with Crippen LogP contribution in [0.4, 0.5) is 0 Å². The van der Waals surface area contributed by atoms with Crippen molar-refractivity contribution in [2.45, 2.75) is 38.0 Å². The minimum absolute atomic E-state index is 0. The molecule has 1 aliphatic carbocycles. The summed E-state index contributed by atoms with van der Waals surface area (Å²) in [5.74, 6) is 2.17. The second kappa shape index (κ2) is 8.78. The molecule has 25 heavy (non-hydrogen) atoms. The Morgan fingerprint density at radius 1 is 1.24 bits per heavy atom. The van der Waals surface area contributed by atoms with Crippen LogP contribution in [-0.2, 0) is 5.41 Å². The molecule has 1 aromatic rings. The molecule has 138 valence electrons. The Morgan fingerprint density at radius 3 is 2.60 bits per heavy atom. The molecule has 0 unspecified atom stereocenters. The van der Waals surface area contributed by atoms with Crippen molar-refractivity contribution < 1.29 is 9.47 Å². The summed E-state index contributed by atoms with van der Waals surface area (Å²) in [4.78, 5) is 4.61. The van der Waals surface area contributed by atoms with Gasteiger partial charge in [0.25, 0.3) is 0 Å². The summed E-state index contributed by atoms with van der Waals surface area (Å²) in [6, 6.07) is 6.31. The van der Waals surface area contributed by atoms with Crippen molar-refractivity contribution >= 4 is 29.9 Å². The number of benzene rings is 1. The molecule has 1 heterocycles. The highest BCUT2D eigenvalue weighted by atomic mass is 127. The Balaban J connectivity index is 0.00000225. The van der Waals surface area contributed by atoms with E-state index in [2.05, 4.69) is 29.0 Å². The van der Waals surface area contributed by atoms with E-state index in [1.807, 2.05) is 13.0 Å². The molecule has 5 nitrogen and oxygen atoms in total. The molecule has 3 rings (SSSR count). The molecule has 0 aromatic heterocycles. The number of ether oxygens (including phenoxy) is 2. The zero-order chi connectivity index (χ0) is 17.0. The van der Waals surface area contributed by atoms with Gasteiger partial charge in [0.2, 0.25) is 0 Å². The van der Waals surface area contributed by atoms with Gasteiger partial charge in [0, 0.05) is 12.0 Å². The van der Waals surface area contributed by atoms with Gasteiger partial charge >= 0.3 is 0 Å². The largest absolute Gasteiger partial charge is 0.486 e. The molecule has 3 N–H and O–H groups in total. The third-order valence-electron chi connectivity index (χ3n) is 4.84. The van der Waals surface area contributed by atoms with Gasteiger partial charge in [-0.05, 0) is 37.5 Å². The fourth-order valence-electron chi connectivity index (χ4n) is 3.50. The number of nitrogens with zero attached hydrogens (tertiary/aromatic N) is 1. The summed E-state index contributed by atoms with van der Waals surface area (Å²) in [5.41, 5.74) is 8.36. The van der Waals surface area contributed by atoms with E-state index in [-0.39, 0.29) is 29.4 Å². The second-order valence-electron chi connectivity index (χ2n) is 6.86. The van der Waals surface area contributed by atoms with Gasteiger partial charge in [-0.2, -0.15) is 0 Å². The number of guanidine groups is 1. The van der Waals surface area contributed by atoms with Gasteiger partial charge in [-0.15, -0.1) is 24.0 Å². The molecule has 2 aliphatic rings. The Hall–Kier alpha value is -1.44. The molecular formula is C19H28IN3O2. The lowest BCUT2D eigenvalue weighted by atomic mass is 9.79. The average Bonchev–Trinajstić information content (AvgIpc) is 3.08. The lowest BCUT2D eigenvalue weighted by Crippen LogP contribution is -2.35. The van der Waals surface area contributed by atoms with Crippen LogP contribution >= 0.6 is 24.0 Å². The fraction of sp³-hybridized carbons (Fsp3) is 0.526. The monoisotopic (exact) mass is 457 g/mol. The van der Waals surface area contributed by atoms with Crippen molar-refractivity contribution in [3.8, 4) is 11.5 Å². The molecule has 0 amide bonds. The van der Waals surface area contributed by atoms with Crippen molar-refractivity contribution in [1.29, 1.82) is 0 Å². The van der Waals surface area contributed by atoms with Crippen LogP contribution in [0.1, 0.15) is 38.2 Å². The summed E-state index contributed by atoms with van der Waals surface area (Å²) < 4.78 is 11.4. The number of hydrogen-bond donors (Lipinski definition) is 2. The minimum atomic E-state index is 0. The van der Waals surface area contributed by atoms with Gasteiger partial charge in [-0.3, -0.25) is 4.99 Å². The van der Waals surface area contributed by atoms with Crippen LogP contribution in [0.15, 0.2) is 35.3 Å². The average molecular weight is 457 g/mol. The lowest BCUT2D eigenvalue weighted by molar-refractivity contribution is 0.171. The van der Waals surface area contributed by atoms with Crippen LogP contribution in [-0.4, -0.2) is 32.3 Å². The smallest absolute Gasteiger partial charge is 0.188 e. The number of nitrogens with two attached hydrogens (primary N) is 1. The normalized spacial score (nSPS) is 18.4. The first-order chi connectivity index (χ1) is 11.6. The van der Waals surface area contributed by atoms with Crippen molar-refractivity contribution in [2.75, 3.05) is 26.3 Å². The maximum atomic E-state index is 6.00. The summed E-state index contributed by atoms with van der Waals surface area (Å²) in [5, 5.41) is 3.11. The Labute approximate surface area is 167 Å². The van der Waals surface area contributed by atoms with Crippen molar-refractivity contribution in [2.24, 2.45) is 10.7 Å². The molecule has 1 aliphatic heterocycles. The fourth-order valence-corrected chi connectivity index (χ4v) is 3.50. The standard InChI is InChI=1S/C19H27N3O2.HI/c1-14(2)12-21-18(20)22-13-19(7-3-4-8-19)15-5-6-16-17(11-15)24-10-9-23-16;/h5-6,11H,1,3-4,7-10,12-13H2,2H3,(H3,20,21,22);1H. The topological polar surface area (TPSA) is 68.9 Å². The molecule has 0 spiro atoms. The highest BCUT2D eigenvalue weighted by Gasteiger charge is 2.36. The maximum absolute atomic E-state index is 6.00. The lowest BCUT2D eigenvalue weighted by Gasteiger charge is -2.29. The van der Waals surface area contributed by atoms with E-state index in [1.54, 1.807) is 0 Å². The van der Waals surface area contributed by atoms with Crippen molar-refractivity contribution in [3.05, 3.63) is 35.9 Å². The quantitative estimate of drug-likeness (QED) is 0.308. The van der Waals surface area contributed by atoms with Crippen LogP contribution in [0.25, 0.3) is 0 Å². The van der Waals surface area contributed by atoms with Crippen LogP contribution in [0, 0.1) is 0 Å². The van der Waals surface area contributed by atoms with E-state index in [9.17, 15) is 0 Å². The van der Waals surface area contributed by atoms with Gasteiger partial charge in [0.1, 0.15) is 13.2 Å². The van der Waals surface area contributed by atoms with Gasteiger partial charge < -0.3 is 20.5 Å². The Bertz CT molecular complexity index is 640. The van der Waals surface area contributed by atoms with Crippen LogP contribution in [0.5, 0.6) is 11.5 Å². The molecule has 0 radical (unpaired) electrons. The number of fused-ring (bicyclic) bond motifs is 1. The number of hydrogen-bond acceptors (Lipinski definition) is 3. The SMILES string of the molecule is C=C(C)CNC(N)=NCC1(c2ccc3c(c2)OCCO3)CCCC1.I. The molecule has 6 heteroatoms. The van der Waals surface area contributed by atoms with Crippen LogP contribution in [0.2, 0.25) is 0 Å². The van der Waals surface area contributed by atoms with Gasteiger partial charge in [0.15, 0.2) is 17.5 Å². The molecular weight excluding hydrogens is 429 g/mol. The number of halogens is 1. The summed E-state index contributed by atoms with van der Waals surface area (Å²) in [7, 11) is 0. The van der Waals surface area contributed by atoms with E-state index in [4.69, 9.17) is 15.2 Å². The second-order valence-corrected chi connectivity index (χ2v) is 6.86. The van der Waals surface area contributed by atoms with Crippen molar-refractivity contribution in [3.63, 3.8) is 0 Å². The number of nitrogens with one attached hydrogen (secondary N) is 1. The number of aliphatic imine (C=N–C) groups is 1. The zero-order valence-electron chi connectivity index (χ0n) is 14.8. The van der Waals surface area contributed by atoms with E-state index >= 15 is 0 Å². The van der Waals surface area contributed by atoms with Gasteiger partial charge in [-0.25, -0.2) is 0 Å². The molecule has 1 fully saturated rings. The molecule has 0 bridgehead atoms. The minimum Gasteiger partial charge on any atom is -0.486 e. The Morgan fingerprint density at radius 2 is 1.92 bits per heavy atom. The first-order valence-electron chi connectivity index (χ1n) is 8.67. The van der Waals surface area contributed by atoms with Gasteiger partial charge in [0.05, 0.1) is 6.54 Å². The predicted octanol–water partition coefficient (Wildman–Crippen LogP) is 3.37. The third kappa shape index (κ3) is 4.80. The van der Waals surface area contributed by atoms with Crippen LogP contribution in [0.3, 0.4) is 0 Å². The van der Waals surface area contributed by atoms with E-state index in [0.717, 1.165) is 29.9 Å². The summed E-state index contributed by atoms with van der Waals surface area (Å²) in [6.07, 6.45) is 4.71. The molecule has 0 saturated heterocycles. The molecule has 1 saturated carbocycles.